The molecule has 0 fully saturated rings. The minimum atomic E-state index is -3.28. The Morgan fingerprint density at radius 1 is 1.09 bits per heavy atom. The van der Waals surface area contributed by atoms with Crippen LogP contribution in [0.2, 0.25) is 0 Å². The molecule has 0 spiro atoms. The van der Waals surface area contributed by atoms with Gasteiger partial charge in [-0.1, -0.05) is 12.1 Å². The standard InChI is InChI=1S/C17H19NO3S2/c1-12-7-8-15(9-13(12)2)22-11-17(19)18-14-5-4-6-16(10-14)23(3,20)21/h4-10H,11H2,1-3H3,(H,18,19). The summed E-state index contributed by atoms with van der Waals surface area (Å²) in [4.78, 5) is 13.2. The maximum atomic E-state index is 12.0. The summed E-state index contributed by atoms with van der Waals surface area (Å²) in [6, 6.07) is 12.3. The monoisotopic (exact) mass is 349 g/mol. The van der Waals surface area contributed by atoms with E-state index in [-0.39, 0.29) is 16.6 Å². The quantitative estimate of drug-likeness (QED) is 0.840. The zero-order valence-electron chi connectivity index (χ0n) is 13.3. The first-order valence-electron chi connectivity index (χ1n) is 7.06. The number of rotatable bonds is 5. The molecule has 0 aliphatic rings. The van der Waals surface area contributed by atoms with Crippen molar-refractivity contribution in [3.8, 4) is 0 Å². The lowest BCUT2D eigenvalue weighted by molar-refractivity contribution is -0.113. The van der Waals surface area contributed by atoms with Crippen LogP contribution in [-0.2, 0) is 14.6 Å². The van der Waals surface area contributed by atoms with E-state index in [9.17, 15) is 13.2 Å². The molecule has 0 radical (unpaired) electrons. The van der Waals surface area contributed by atoms with E-state index in [0.717, 1.165) is 11.2 Å². The number of carbonyl (C=O) groups is 1. The van der Waals surface area contributed by atoms with Gasteiger partial charge in [-0.2, -0.15) is 0 Å². The number of amides is 1. The molecule has 0 unspecified atom stereocenters. The van der Waals surface area contributed by atoms with Gasteiger partial charge >= 0.3 is 0 Å². The molecule has 1 amide bonds. The lowest BCUT2D eigenvalue weighted by Crippen LogP contribution is -2.14. The molecule has 23 heavy (non-hydrogen) atoms. The van der Waals surface area contributed by atoms with Gasteiger partial charge < -0.3 is 5.32 Å². The first-order chi connectivity index (χ1) is 10.8. The van der Waals surface area contributed by atoms with Crippen LogP contribution in [-0.4, -0.2) is 26.3 Å². The molecule has 0 aromatic heterocycles. The van der Waals surface area contributed by atoms with Crippen LogP contribution < -0.4 is 5.32 Å². The third-order valence-corrected chi connectivity index (χ3v) is 5.50. The molecule has 0 heterocycles. The van der Waals surface area contributed by atoms with Gasteiger partial charge in [0.25, 0.3) is 0 Å². The van der Waals surface area contributed by atoms with E-state index in [0.29, 0.717) is 5.69 Å². The van der Waals surface area contributed by atoms with Crippen LogP contribution in [0.15, 0.2) is 52.3 Å². The summed E-state index contributed by atoms with van der Waals surface area (Å²) in [5, 5.41) is 2.73. The summed E-state index contributed by atoms with van der Waals surface area (Å²) in [5.41, 5.74) is 2.89. The molecule has 0 bridgehead atoms. The Bertz CT molecular complexity index is 829. The number of sulfone groups is 1. The molecule has 0 aliphatic carbocycles. The molecule has 0 saturated carbocycles. The van der Waals surface area contributed by atoms with Crippen LogP contribution in [0.25, 0.3) is 0 Å². The second-order valence-electron chi connectivity index (χ2n) is 5.38. The Hall–Kier alpha value is -1.79. The van der Waals surface area contributed by atoms with Gasteiger partial charge in [0.05, 0.1) is 10.6 Å². The fourth-order valence-corrected chi connectivity index (χ4v) is 3.42. The first kappa shape index (κ1) is 17.6. The highest BCUT2D eigenvalue weighted by Gasteiger charge is 2.09. The third-order valence-electron chi connectivity index (χ3n) is 3.39. The number of hydrogen-bond acceptors (Lipinski definition) is 4. The maximum absolute atomic E-state index is 12.0. The Morgan fingerprint density at radius 2 is 1.83 bits per heavy atom. The SMILES string of the molecule is Cc1ccc(SCC(=O)Nc2cccc(S(C)(=O)=O)c2)cc1C. The van der Waals surface area contributed by atoms with Crippen LogP contribution in [0.5, 0.6) is 0 Å². The van der Waals surface area contributed by atoms with Crippen molar-refractivity contribution >= 4 is 33.2 Å². The highest BCUT2D eigenvalue weighted by molar-refractivity contribution is 8.00. The second-order valence-corrected chi connectivity index (χ2v) is 8.45. The molecule has 2 aromatic carbocycles. The van der Waals surface area contributed by atoms with E-state index in [1.54, 1.807) is 12.1 Å². The molecule has 1 N–H and O–H groups in total. The van der Waals surface area contributed by atoms with Gasteiger partial charge in [-0.25, -0.2) is 8.42 Å². The average molecular weight is 349 g/mol. The number of benzene rings is 2. The van der Waals surface area contributed by atoms with Crippen molar-refractivity contribution in [2.24, 2.45) is 0 Å². The summed E-state index contributed by atoms with van der Waals surface area (Å²) >= 11 is 1.45. The van der Waals surface area contributed by atoms with E-state index in [1.165, 1.54) is 35.0 Å². The molecule has 0 atom stereocenters. The van der Waals surface area contributed by atoms with Crippen LogP contribution >= 0.6 is 11.8 Å². The van der Waals surface area contributed by atoms with Gasteiger partial charge in [-0.15, -0.1) is 11.8 Å². The zero-order chi connectivity index (χ0) is 17.0. The van der Waals surface area contributed by atoms with Crippen LogP contribution in [0, 0.1) is 13.8 Å². The zero-order valence-corrected chi connectivity index (χ0v) is 14.9. The molecule has 0 aliphatic heterocycles. The maximum Gasteiger partial charge on any atom is 0.234 e. The predicted molar refractivity (Wildman–Crippen MR) is 94.8 cm³/mol. The summed E-state index contributed by atoms with van der Waals surface area (Å²) < 4.78 is 23.0. The van der Waals surface area contributed by atoms with Crippen molar-refractivity contribution < 1.29 is 13.2 Å². The number of nitrogens with one attached hydrogen (secondary N) is 1. The molecule has 4 nitrogen and oxygen atoms in total. The molecular formula is C17H19NO3S2. The van der Waals surface area contributed by atoms with Crippen molar-refractivity contribution in [3.05, 3.63) is 53.6 Å². The highest BCUT2D eigenvalue weighted by Crippen LogP contribution is 2.21. The minimum Gasteiger partial charge on any atom is -0.325 e. The largest absolute Gasteiger partial charge is 0.325 e. The van der Waals surface area contributed by atoms with E-state index in [1.807, 2.05) is 26.0 Å². The highest BCUT2D eigenvalue weighted by atomic mass is 32.2. The average Bonchev–Trinajstić information content (AvgIpc) is 2.48. The summed E-state index contributed by atoms with van der Waals surface area (Å²) in [5.74, 6) is 0.102. The molecule has 2 rings (SSSR count). The molecule has 6 heteroatoms. The van der Waals surface area contributed by atoms with Crippen LogP contribution in [0.4, 0.5) is 5.69 Å². The fraction of sp³-hybridized carbons (Fsp3) is 0.235. The van der Waals surface area contributed by atoms with Crippen molar-refractivity contribution in [1.29, 1.82) is 0 Å². The van der Waals surface area contributed by atoms with Gasteiger partial charge in [0.2, 0.25) is 5.91 Å². The van der Waals surface area contributed by atoms with E-state index in [4.69, 9.17) is 0 Å². The Balaban J connectivity index is 1.98. The summed E-state index contributed by atoms with van der Waals surface area (Å²) in [6.07, 6.45) is 1.14. The lowest BCUT2D eigenvalue weighted by Gasteiger charge is -2.08. The molecule has 122 valence electrons. The summed E-state index contributed by atoms with van der Waals surface area (Å²) in [7, 11) is -3.28. The minimum absolute atomic E-state index is 0.168. The van der Waals surface area contributed by atoms with Crippen molar-refractivity contribution in [1.82, 2.24) is 0 Å². The van der Waals surface area contributed by atoms with Crippen molar-refractivity contribution in [2.45, 2.75) is 23.6 Å². The van der Waals surface area contributed by atoms with Crippen molar-refractivity contribution in [3.63, 3.8) is 0 Å². The van der Waals surface area contributed by atoms with Crippen LogP contribution in [0.3, 0.4) is 0 Å². The number of anilines is 1. The van der Waals surface area contributed by atoms with E-state index in [2.05, 4.69) is 11.4 Å². The van der Waals surface area contributed by atoms with Gasteiger partial charge in [0.1, 0.15) is 0 Å². The second kappa shape index (κ2) is 7.19. The number of carbonyl (C=O) groups excluding carboxylic acids is 1. The van der Waals surface area contributed by atoms with Gasteiger partial charge in [-0.05, 0) is 55.3 Å². The Labute approximate surface area is 141 Å². The van der Waals surface area contributed by atoms with E-state index >= 15 is 0 Å². The van der Waals surface area contributed by atoms with Crippen molar-refractivity contribution in [2.75, 3.05) is 17.3 Å². The first-order valence-corrected chi connectivity index (χ1v) is 9.93. The number of hydrogen-bond donors (Lipinski definition) is 1. The summed E-state index contributed by atoms with van der Waals surface area (Å²) in [6.45, 7) is 4.08. The molecule has 2 aromatic rings. The smallest absolute Gasteiger partial charge is 0.234 e. The van der Waals surface area contributed by atoms with Gasteiger partial charge in [0, 0.05) is 16.8 Å². The van der Waals surface area contributed by atoms with Gasteiger partial charge in [0.15, 0.2) is 9.84 Å². The molecule has 0 saturated heterocycles. The predicted octanol–water partition coefficient (Wildman–Crippen LogP) is 3.44. The van der Waals surface area contributed by atoms with E-state index < -0.39 is 9.84 Å². The Morgan fingerprint density at radius 3 is 2.48 bits per heavy atom. The third kappa shape index (κ3) is 5.11. The molecular weight excluding hydrogens is 330 g/mol. The lowest BCUT2D eigenvalue weighted by atomic mass is 10.1. The number of aryl methyl sites for hydroxylation is 2. The number of thioether (sulfide) groups is 1. The van der Waals surface area contributed by atoms with Gasteiger partial charge in [-0.3, -0.25) is 4.79 Å². The fourth-order valence-electron chi connectivity index (χ4n) is 1.95. The Kier molecular flexibility index (Phi) is 5.49. The normalized spacial score (nSPS) is 11.3. The van der Waals surface area contributed by atoms with Crippen LogP contribution in [0.1, 0.15) is 11.1 Å². The topological polar surface area (TPSA) is 63.2 Å².